The molecule has 1 aliphatic heterocycles. The van der Waals surface area contributed by atoms with Crippen molar-refractivity contribution in [2.24, 2.45) is 0 Å². The third-order valence-corrected chi connectivity index (χ3v) is 8.64. The van der Waals surface area contributed by atoms with Gasteiger partial charge in [0.2, 0.25) is 20.0 Å². The van der Waals surface area contributed by atoms with Crippen molar-refractivity contribution in [3.05, 3.63) is 0 Å². The Morgan fingerprint density at radius 3 is 1.81 bits per heavy atom. The van der Waals surface area contributed by atoms with Crippen LogP contribution in [-0.4, -0.2) is 53.2 Å². The van der Waals surface area contributed by atoms with Crippen molar-refractivity contribution in [3.63, 3.8) is 0 Å². The van der Waals surface area contributed by atoms with Gasteiger partial charge in [0, 0.05) is 13.1 Å². The molecular weight excluding hydrogens is 361 g/mol. The third-order valence-electron chi connectivity index (χ3n) is 2.55. The molecule has 0 amide bonds. The highest BCUT2D eigenvalue weighted by Gasteiger charge is 2.49. The Morgan fingerprint density at radius 1 is 0.905 bits per heavy atom. The van der Waals surface area contributed by atoms with Crippen LogP contribution in [0.5, 0.6) is 0 Å². The van der Waals surface area contributed by atoms with Crippen molar-refractivity contribution < 1.29 is 38.4 Å². The van der Waals surface area contributed by atoms with Crippen LogP contribution in [0, 0.1) is 0 Å². The summed E-state index contributed by atoms with van der Waals surface area (Å²) in [5.41, 5.74) is -5.85. The average molecular weight is 374 g/mol. The largest absolute Gasteiger partial charge is 0.512 e. The van der Waals surface area contributed by atoms with Gasteiger partial charge in [-0.3, -0.25) is 0 Å². The van der Waals surface area contributed by atoms with Gasteiger partial charge in [0.05, 0.1) is 0 Å². The highest BCUT2D eigenvalue weighted by Crippen LogP contribution is 2.22. The highest BCUT2D eigenvalue weighted by molar-refractivity contribution is 8.12. The van der Waals surface area contributed by atoms with Gasteiger partial charge in [-0.2, -0.15) is 13.2 Å². The number of rotatable bonds is 5. The molecule has 0 atom stereocenters. The van der Waals surface area contributed by atoms with E-state index in [2.05, 4.69) is 0 Å². The van der Waals surface area contributed by atoms with Crippen LogP contribution in [0.1, 0.15) is 19.3 Å². The zero-order valence-corrected chi connectivity index (χ0v) is 12.9. The minimum Gasteiger partial charge on any atom is -0.211 e. The van der Waals surface area contributed by atoms with Gasteiger partial charge in [-0.1, -0.05) is 6.42 Å². The van der Waals surface area contributed by atoms with E-state index in [1.54, 1.807) is 0 Å². The SMILES string of the molecule is O=S(=O)(CS(=O)(=O)N1CCCCC1)NS(=O)(=O)C(F)(F)F. The van der Waals surface area contributed by atoms with Crippen molar-refractivity contribution in [1.82, 2.24) is 8.43 Å². The molecular formula is C7H13F3N2O6S3. The van der Waals surface area contributed by atoms with E-state index in [0.717, 1.165) is 10.7 Å². The van der Waals surface area contributed by atoms with Crippen molar-refractivity contribution in [1.29, 1.82) is 0 Å². The summed E-state index contributed by atoms with van der Waals surface area (Å²) in [6.07, 6.45) is 1.74. The molecule has 1 saturated heterocycles. The predicted molar refractivity (Wildman–Crippen MR) is 66.2 cm³/mol. The first-order valence-corrected chi connectivity index (χ1v) is 10.3. The molecule has 126 valence electrons. The van der Waals surface area contributed by atoms with Gasteiger partial charge in [-0.25, -0.2) is 29.6 Å². The quantitative estimate of drug-likeness (QED) is 0.695. The number of piperidine rings is 1. The Hall–Kier alpha value is -0.440. The zero-order valence-electron chi connectivity index (χ0n) is 10.5. The summed E-state index contributed by atoms with van der Waals surface area (Å²) in [5.74, 6) is 0. The fourth-order valence-corrected chi connectivity index (χ4v) is 6.97. The fourth-order valence-electron chi connectivity index (χ4n) is 1.65. The highest BCUT2D eigenvalue weighted by atomic mass is 32.3. The van der Waals surface area contributed by atoms with Gasteiger partial charge in [-0.05, 0) is 12.8 Å². The molecule has 1 aliphatic rings. The van der Waals surface area contributed by atoms with Gasteiger partial charge in [0.1, 0.15) is 0 Å². The molecule has 0 radical (unpaired) electrons. The number of hydrogen-bond donors (Lipinski definition) is 1. The fraction of sp³-hybridized carbons (Fsp3) is 1.00. The van der Waals surface area contributed by atoms with Crippen LogP contribution in [0.4, 0.5) is 13.2 Å². The second-order valence-electron chi connectivity index (χ2n) is 4.34. The summed E-state index contributed by atoms with van der Waals surface area (Å²) >= 11 is 0. The molecule has 14 heteroatoms. The molecule has 21 heavy (non-hydrogen) atoms. The smallest absolute Gasteiger partial charge is 0.211 e. The average Bonchev–Trinajstić information content (AvgIpc) is 2.25. The molecule has 1 fully saturated rings. The molecule has 0 saturated carbocycles. The normalized spacial score (nSPS) is 19.6. The molecule has 0 aromatic heterocycles. The summed E-state index contributed by atoms with van der Waals surface area (Å²) in [6.45, 7) is 0.0910. The van der Waals surface area contributed by atoms with Crippen molar-refractivity contribution in [2.45, 2.75) is 24.8 Å². The van der Waals surface area contributed by atoms with Crippen LogP contribution >= 0.6 is 0 Å². The van der Waals surface area contributed by atoms with Crippen LogP contribution in [0.25, 0.3) is 0 Å². The molecule has 0 aromatic rings. The van der Waals surface area contributed by atoms with E-state index in [4.69, 9.17) is 0 Å². The first-order chi connectivity index (χ1) is 9.27. The van der Waals surface area contributed by atoms with E-state index in [0.29, 0.717) is 17.0 Å². The number of nitrogens with zero attached hydrogens (tertiary/aromatic N) is 1. The van der Waals surface area contributed by atoms with E-state index in [1.807, 2.05) is 0 Å². The number of hydrogen-bond acceptors (Lipinski definition) is 6. The minimum atomic E-state index is -6.18. The lowest BCUT2D eigenvalue weighted by Gasteiger charge is -2.25. The number of halogens is 3. The van der Waals surface area contributed by atoms with Gasteiger partial charge in [-0.15, -0.1) is 4.13 Å². The first kappa shape index (κ1) is 18.6. The summed E-state index contributed by atoms with van der Waals surface area (Å²) in [6, 6.07) is 0. The lowest BCUT2D eigenvalue weighted by atomic mass is 10.2. The van der Waals surface area contributed by atoms with Gasteiger partial charge in [0.25, 0.3) is 0 Å². The van der Waals surface area contributed by atoms with Gasteiger partial charge >= 0.3 is 15.5 Å². The maximum Gasteiger partial charge on any atom is 0.512 e. The third kappa shape index (κ3) is 5.05. The first-order valence-electron chi connectivity index (χ1n) is 5.57. The Labute approximate surface area is 120 Å². The van der Waals surface area contributed by atoms with Crippen LogP contribution in [0.2, 0.25) is 0 Å². The molecule has 0 aliphatic carbocycles. The van der Waals surface area contributed by atoms with E-state index in [9.17, 15) is 38.4 Å². The predicted octanol–water partition coefficient (Wildman–Crippen LogP) is -0.471. The van der Waals surface area contributed by atoms with E-state index >= 15 is 0 Å². The number of sulfonamides is 3. The summed E-state index contributed by atoms with van der Waals surface area (Å²) in [5, 5.41) is -1.75. The number of nitrogens with one attached hydrogen (secondary N) is 1. The molecule has 0 bridgehead atoms. The zero-order chi connectivity index (χ0) is 16.5. The molecule has 8 nitrogen and oxygen atoms in total. The van der Waals surface area contributed by atoms with E-state index in [-0.39, 0.29) is 13.1 Å². The van der Waals surface area contributed by atoms with Crippen molar-refractivity contribution in [3.8, 4) is 0 Å². The summed E-state index contributed by atoms with van der Waals surface area (Å²) in [4.78, 5) is 0. The van der Waals surface area contributed by atoms with Crippen molar-refractivity contribution >= 4 is 30.1 Å². The molecule has 1 rings (SSSR count). The maximum atomic E-state index is 12.1. The van der Waals surface area contributed by atoms with Gasteiger partial charge in [0.15, 0.2) is 5.08 Å². The second kappa shape index (κ2) is 5.98. The van der Waals surface area contributed by atoms with Crippen molar-refractivity contribution in [2.75, 3.05) is 18.2 Å². The molecule has 1 heterocycles. The maximum absolute atomic E-state index is 12.1. The second-order valence-corrected chi connectivity index (χ2v) is 10.3. The Morgan fingerprint density at radius 2 is 1.38 bits per heavy atom. The lowest BCUT2D eigenvalue weighted by molar-refractivity contribution is -0.0441. The molecule has 0 unspecified atom stereocenters. The van der Waals surface area contributed by atoms with E-state index in [1.165, 1.54) is 0 Å². The van der Waals surface area contributed by atoms with Crippen LogP contribution in [0.3, 0.4) is 0 Å². The molecule has 0 spiro atoms. The Bertz CT molecular complexity index is 676. The molecule has 0 aromatic carbocycles. The summed E-state index contributed by atoms with van der Waals surface area (Å²) < 4.78 is 105. The van der Waals surface area contributed by atoms with E-state index < -0.39 is 40.7 Å². The number of alkyl halides is 3. The topological polar surface area (TPSA) is 118 Å². The standard InChI is InChI=1S/C7H13F3N2O6S3/c8-7(9,10)21(17,18)11-19(13,14)6-20(15,16)12-4-2-1-3-5-12/h11H,1-6H2. The summed E-state index contributed by atoms with van der Waals surface area (Å²) in [7, 11) is -15.8. The van der Waals surface area contributed by atoms with Crippen LogP contribution < -0.4 is 4.13 Å². The van der Waals surface area contributed by atoms with Crippen LogP contribution in [0.15, 0.2) is 0 Å². The molecule has 1 N–H and O–H groups in total. The van der Waals surface area contributed by atoms with Crippen LogP contribution in [-0.2, 0) is 30.1 Å². The Balaban J connectivity index is 2.90. The van der Waals surface area contributed by atoms with Gasteiger partial charge < -0.3 is 0 Å². The lowest BCUT2D eigenvalue weighted by Crippen LogP contribution is -2.45. The minimum absolute atomic E-state index is 0.0455. The monoisotopic (exact) mass is 374 g/mol. The Kier molecular flexibility index (Phi) is 5.30.